The van der Waals surface area contributed by atoms with Gasteiger partial charge in [-0.3, -0.25) is 14.9 Å². The fourth-order valence-corrected chi connectivity index (χ4v) is 5.73. The van der Waals surface area contributed by atoms with Gasteiger partial charge in [0, 0.05) is 34.6 Å². The van der Waals surface area contributed by atoms with Gasteiger partial charge in [-0.15, -0.1) is 0 Å². The second-order valence-corrected chi connectivity index (χ2v) is 9.28. The third-order valence-corrected chi connectivity index (χ3v) is 7.13. The molecule has 2 atom stereocenters. The fourth-order valence-electron chi connectivity index (χ4n) is 3.65. The van der Waals surface area contributed by atoms with Crippen LogP contribution in [0.25, 0.3) is 0 Å². The van der Waals surface area contributed by atoms with Crippen LogP contribution in [0.2, 0.25) is 0 Å². The van der Waals surface area contributed by atoms with Gasteiger partial charge in [-0.2, -0.15) is 31.4 Å². The summed E-state index contributed by atoms with van der Waals surface area (Å²) in [6, 6.07) is 3.12. The first-order chi connectivity index (χ1) is 15.7. The number of non-ortho nitro benzene ring substituents is 1. The number of carbonyl (C=O) groups is 1. The number of carbonyl (C=O) groups excluding carboxylic acids is 1. The predicted molar refractivity (Wildman–Crippen MR) is 114 cm³/mol. The van der Waals surface area contributed by atoms with Crippen molar-refractivity contribution in [1.29, 1.82) is 0 Å². The SMILES string of the molecule is O=C(NC1C(Br)=CC=CC1(Br)C(n1cccn1)(C(F)(F)F)C(F)(F)F)c1cccc([N+](=O)[O-])c1. The highest BCUT2D eigenvalue weighted by atomic mass is 79.9. The number of aromatic nitrogens is 2. The molecule has 0 aliphatic heterocycles. The molecule has 34 heavy (non-hydrogen) atoms. The number of rotatable bonds is 5. The van der Waals surface area contributed by atoms with Crippen molar-refractivity contribution in [1.82, 2.24) is 15.1 Å². The van der Waals surface area contributed by atoms with E-state index in [1.807, 2.05) is 0 Å². The van der Waals surface area contributed by atoms with Crippen molar-refractivity contribution in [3.63, 3.8) is 0 Å². The molecule has 0 spiro atoms. The molecule has 1 heterocycles. The zero-order chi connectivity index (χ0) is 25.5. The molecule has 1 N–H and O–H groups in total. The first-order valence-corrected chi connectivity index (χ1v) is 10.7. The first kappa shape index (κ1) is 25.9. The molecule has 2 unspecified atom stereocenters. The normalized spacial score (nSPS) is 21.2. The molecular weight excluding hydrogens is 606 g/mol. The van der Waals surface area contributed by atoms with E-state index in [0.717, 1.165) is 42.6 Å². The van der Waals surface area contributed by atoms with Gasteiger partial charge in [0.15, 0.2) is 0 Å². The number of hydrogen-bond donors (Lipinski definition) is 1. The zero-order valence-electron chi connectivity index (χ0n) is 16.4. The molecule has 3 rings (SSSR count). The van der Waals surface area contributed by atoms with Gasteiger partial charge in [-0.25, -0.2) is 4.68 Å². The molecule has 7 nitrogen and oxygen atoms in total. The van der Waals surface area contributed by atoms with Gasteiger partial charge < -0.3 is 5.32 Å². The second kappa shape index (κ2) is 8.83. The van der Waals surface area contributed by atoms with Gasteiger partial charge >= 0.3 is 12.4 Å². The molecule has 0 radical (unpaired) electrons. The largest absolute Gasteiger partial charge is 0.424 e. The standard InChI is InChI=1S/C19H12Br2F6N4O3/c20-13-6-2-7-16(21,14(13)29-15(32)11-4-1-5-12(10-11)31(33)34)17(18(22,23)24,19(25,26)27)30-9-3-8-28-30/h1-10,14H,(H,29,32). The van der Waals surface area contributed by atoms with E-state index < -0.39 is 44.8 Å². The summed E-state index contributed by atoms with van der Waals surface area (Å²) in [6.07, 6.45) is -7.91. The van der Waals surface area contributed by atoms with E-state index in [2.05, 4.69) is 42.3 Å². The fraction of sp³-hybridized carbons (Fsp3) is 0.263. The van der Waals surface area contributed by atoms with Gasteiger partial charge in [0.25, 0.3) is 17.1 Å². The minimum Gasteiger partial charge on any atom is -0.343 e. The number of nitro benzene ring substituents is 1. The molecule has 0 saturated carbocycles. The molecule has 1 aliphatic rings. The number of alkyl halides is 7. The lowest BCUT2D eigenvalue weighted by Gasteiger charge is -2.51. The van der Waals surface area contributed by atoms with Crippen LogP contribution in [0.4, 0.5) is 32.0 Å². The number of halogens is 8. The number of amides is 1. The lowest BCUT2D eigenvalue weighted by molar-refractivity contribution is -0.384. The van der Waals surface area contributed by atoms with E-state index in [1.165, 1.54) is 6.08 Å². The lowest BCUT2D eigenvalue weighted by Crippen LogP contribution is -2.74. The third-order valence-electron chi connectivity index (χ3n) is 5.11. The molecule has 0 bridgehead atoms. The minimum absolute atomic E-state index is 0.226. The molecule has 2 aromatic rings. The van der Waals surface area contributed by atoms with Gasteiger partial charge in [0.05, 0.1) is 11.0 Å². The highest BCUT2D eigenvalue weighted by molar-refractivity contribution is 9.12. The molecule has 0 fully saturated rings. The average molecular weight is 618 g/mol. The summed E-state index contributed by atoms with van der Waals surface area (Å²) in [7, 11) is 0. The summed E-state index contributed by atoms with van der Waals surface area (Å²) in [5, 5.41) is 16.4. The van der Waals surface area contributed by atoms with Gasteiger partial charge in [-0.1, -0.05) is 56.2 Å². The Labute approximate surface area is 203 Å². The maximum Gasteiger partial charge on any atom is 0.424 e. The van der Waals surface area contributed by atoms with Crippen molar-refractivity contribution < 1.29 is 36.1 Å². The van der Waals surface area contributed by atoms with Gasteiger partial charge in [0.1, 0.15) is 4.32 Å². The summed E-state index contributed by atoms with van der Waals surface area (Å²) in [5.74, 6) is -1.14. The molecule has 15 heteroatoms. The van der Waals surface area contributed by atoms with E-state index in [1.54, 1.807) is 0 Å². The van der Waals surface area contributed by atoms with E-state index in [0.29, 0.717) is 12.3 Å². The second-order valence-electron chi connectivity index (χ2n) is 7.05. The predicted octanol–water partition coefficient (Wildman–Crippen LogP) is 5.39. The summed E-state index contributed by atoms with van der Waals surface area (Å²) in [6.45, 7) is 0. The van der Waals surface area contributed by atoms with Crippen molar-refractivity contribution >= 4 is 43.5 Å². The van der Waals surface area contributed by atoms with Crippen LogP contribution in [-0.2, 0) is 5.54 Å². The monoisotopic (exact) mass is 616 g/mol. The van der Waals surface area contributed by atoms with Crippen LogP contribution in [0.5, 0.6) is 0 Å². The maximum atomic E-state index is 14.5. The Morgan fingerprint density at radius 3 is 2.35 bits per heavy atom. The summed E-state index contributed by atoms with van der Waals surface area (Å²) in [4.78, 5) is 23.0. The zero-order valence-corrected chi connectivity index (χ0v) is 19.6. The highest BCUT2D eigenvalue weighted by Gasteiger charge is 2.82. The molecule has 182 valence electrons. The van der Waals surface area contributed by atoms with Crippen LogP contribution in [-0.4, -0.2) is 43.3 Å². The topological polar surface area (TPSA) is 90.1 Å². The van der Waals surface area contributed by atoms with Crippen LogP contribution in [0.1, 0.15) is 10.4 Å². The Kier molecular flexibility index (Phi) is 6.74. The highest BCUT2D eigenvalue weighted by Crippen LogP contribution is 2.61. The smallest absolute Gasteiger partial charge is 0.343 e. The minimum atomic E-state index is -5.97. The Bertz CT molecular complexity index is 1150. The van der Waals surface area contributed by atoms with Crippen molar-refractivity contribution in [2.24, 2.45) is 0 Å². The average Bonchev–Trinajstić information content (AvgIpc) is 3.23. The van der Waals surface area contributed by atoms with E-state index in [-0.39, 0.29) is 14.7 Å². The Hall–Kier alpha value is -2.68. The van der Waals surface area contributed by atoms with Crippen LogP contribution in [0.15, 0.2) is 65.4 Å². The third kappa shape index (κ3) is 4.04. The van der Waals surface area contributed by atoms with Crippen LogP contribution >= 0.6 is 31.9 Å². The Balaban J connectivity index is 2.20. The number of nitrogens with zero attached hydrogens (tertiary/aromatic N) is 3. The lowest BCUT2D eigenvalue weighted by atomic mass is 9.75. The Morgan fingerprint density at radius 2 is 1.82 bits per heavy atom. The van der Waals surface area contributed by atoms with E-state index in [9.17, 15) is 41.3 Å². The van der Waals surface area contributed by atoms with Crippen molar-refractivity contribution in [2.45, 2.75) is 28.3 Å². The van der Waals surface area contributed by atoms with E-state index >= 15 is 0 Å². The number of allylic oxidation sites excluding steroid dienone is 2. The molecule has 1 amide bonds. The molecule has 1 aliphatic carbocycles. The van der Waals surface area contributed by atoms with Crippen LogP contribution in [0.3, 0.4) is 0 Å². The summed E-state index contributed by atoms with van der Waals surface area (Å²) in [5.41, 5.74) is -5.52. The number of benzene rings is 1. The quantitative estimate of drug-likeness (QED) is 0.211. The molecule has 1 aromatic heterocycles. The van der Waals surface area contributed by atoms with Crippen molar-refractivity contribution in [2.75, 3.05) is 0 Å². The van der Waals surface area contributed by atoms with Gasteiger partial charge in [0.2, 0.25) is 0 Å². The number of hydrogen-bond acceptors (Lipinski definition) is 4. The van der Waals surface area contributed by atoms with Crippen molar-refractivity contribution in [3.05, 3.63) is 81.1 Å². The Morgan fingerprint density at radius 1 is 1.18 bits per heavy atom. The summed E-state index contributed by atoms with van der Waals surface area (Å²) >= 11 is 5.63. The van der Waals surface area contributed by atoms with Crippen LogP contribution < -0.4 is 5.32 Å². The molecule has 0 saturated heterocycles. The maximum absolute atomic E-state index is 14.5. The molecular formula is C19H12Br2F6N4O3. The van der Waals surface area contributed by atoms with Gasteiger partial charge in [-0.05, 0) is 12.1 Å². The van der Waals surface area contributed by atoms with Crippen molar-refractivity contribution in [3.8, 4) is 0 Å². The first-order valence-electron chi connectivity index (χ1n) is 9.09. The number of nitrogens with one attached hydrogen (secondary N) is 1. The molecule has 1 aromatic carbocycles. The summed E-state index contributed by atoms with van der Waals surface area (Å²) < 4.78 is 83.4. The number of nitro groups is 1. The van der Waals surface area contributed by atoms with Crippen LogP contribution in [0, 0.1) is 10.1 Å². The van der Waals surface area contributed by atoms with E-state index in [4.69, 9.17) is 0 Å².